The molecule has 3 heterocycles. The number of hydrogen-bond acceptors (Lipinski definition) is 5. The van der Waals surface area contributed by atoms with Crippen molar-refractivity contribution in [2.24, 2.45) is 0 Å². The van der Waals surface area contributed by atoms with Gasteiger partial charge < -0.3 is 15.7 Å². The van der Waals surface area contributed by atoms with Gasteiger partial charge in [0.25, 0.3) is 0 Å². The summed E-state index contributed by atoms with van der Waals surface area (Å²) in [6.45, 7) is 5.43. The largest absolute Gasteiger partial charge is 0.391 e. The zero-order valence-corrected chi connectivity index (χ0v) is 14.6. The molecule has 6 heteroatoms. The molecule has 1 aliphatic heterocycles. The van der Waals surface area contributed by atoms with E-state index in [4.69, 9.17) is 0 Å². The van der Waals surface area contributed by atoms with Crippen LogP contribution in [0.3, 0.4) is 0 Å². The predicted molar refractivity (Wildman–Crippen MR) is 98.8 cm³/mol. The summed E-state index contributed by atoms with van der Waals surface area (Å²) in [5, 5.41) is 17.8. The second kappa shape index (κ2) is 7.03. The van der Waals surface area contributed by atoms with Crippen LogP contribution in [0.2, 0.25) is 0 Å². The molecular weight excluding hydrogens is 316 g/mol. The Morgan fingerprint density at radius 3 is 2.72 bits per heavy atom. The Balaban J connectivity index is 1.88. The van der Waals surface area contributed by atoms with Gasteiger partial charge in [0.1, 0.15) is 5.82 Å². The van der Waals surface area contributed by atoms with E-state index in [0.717, 1.165) is 27.6 Å². The third-order valence-corrected chi connectivity index (χ3v) is 4.29. The Hall–Kier alpha value is -2.73. The van der Waals surface area contributed by atoms with Crippen molar-refractivity contribution < 1.29 is 9.90 Å². The fraction of sp³-hybridized carbons (Fsp3) is 0.316. The lowest BCUT2D eigenvalue weighted by Crippen LogP contribution is -2.37. The Kier molecular flexibility index (Phi) is 4.81. The summed E-state index contributed by atoms with van der Waals surface area (Å²) in [4.78, 5) is 19.9. The van der Waals surface area contributed by atoms with Gasteiger partial charge in [-0.3, -0.25) is 9.78 Å². The summed E-state index contributed by atoms with van der Waals surface area (Å²) in [7, 11) is 0. The summed E-state index contributed by atoms with van der Waals surface area (Å²) in [6.07, 6.45) is 7.74. The van der Waals surface area contributed by atoms with Gasteiger partial charge in [-0.05, 0) is 31.1 Å². The number of hydrogen-bond donors (Lipinski definition) is 3. The maximum Gasteiger partial charge on any atom is 0.222 e. The van der Waals surface area contributed by atoms with Crippen LogP contribution in [-0.2, 0) is 4.79 Å². The van der Waals surface area contributed by atoms with E-state index >= 15 is 0 Å². The number of pyridine rings is 2. The summed E-state index contributed by atoms with van der Waals surface area (Å²) >= 11 is 0. The molecule has 1 amide bonds. The maximum absolute atomic E-state index is 11.1. The molecule has 0 bridgehead atoms. The van der Waals surface area contributed by atoms with Gasteiger partial charge in [0.05, 0.1) is 17.8 Å². The molecule has 0 fully saturated rings. The highest BCUT2D eigenvalue weighted by Crippen LogP contribution is 2.27. The number of amides is 1. The second-order valence-electron chi connectivity index (χ2n) is 6.24. The molecular formula is C19H22N4O2. The van der Waals surface area contributed by atoms with E-state index in [2.05, 4.69) is 20.6 Å². The lowest BCUT2D eigenvalue weighted by molar-refractivity contribution is -0.114. The van der Waals surface area contributed by atoms with Crippen LogP contribution in [0.4, 0.5) is 5.82 Å². The topological polar surface area (TPSA) is 87.1 Å². The van der Waals surface area contributed by atoms with Gasteiger partial charge in [0, 0.05) is 41.9 Å². The van der Waals surface area contributed by atoms with E-state index in [0.29, 0.717) is 12.2 Å². The van der Waals surface area contributed by atoms with Gasteiger partial charge in [-0.15, -0.1) is 0 Å². The summed E-state index contributed by atoms with van der Waals surface area (Å²) in [5.74, 6) is 0.361. The van der Waals surface area contributed by atoms with Crippen molar-refractivity contribution in [1.29, 1.82) is 0 Å². The lowest BCUT2D eigenvalue weighted by atomic mass is 9.95. The Bertz CT molecular complexity index is 873. The van der Waals surface area contributed by atoms with Gasteiger partial charge in [-0.1, -0.05) is 13.0 Å². The third kappa shape index (κ3) is 3.69. The van der Waals surface area contributed by atoms with Crippen molar-refractivity contribution in [3.05, 3.63) is 48.1 Å². The molecule has 0 radical (unpaired) electrons. The van der Waals surface area contributed by atoms with Crippen molar-refractivity contribution in [2.75, 3.05) is 5.32 Å². The number of aliphatic hydroxyl groups excluding tert-OH is 1. The molecule has 0 aliphatic carbocycles. The first kappa shape index (κ1) is 17.1. The predicted octanol–water partition coefficient (Wildman–Crippen LogP) is 2.62. The van der Waals surface area contributed by atoms with Crippen LogP contribution in [0.1, 0.15) is 32.9 Å². The zero-order chi connectivity index (χ0) is 18.0. The molecule has 2 aromatic rings. The van der Waals surface area contributed by atoms with Crippen molar-refractivity contribution >= 4 is 28.1 Å². The molecule has 2 aromatic heterocycles. The minimum absolute atomic E-state index is 0.0731. The van der Waals surface area contributed by atoms with Crippen molar-refractivity contribution in [2.45, 2.75) is 39.3 Å². The first-order valence-electron chi connectivity index (χ1n) is 8.34. The number of fused-ring (bicyclic) bond motifs is 1. The van der Waals surface area contributed by atoms with Crippen LogP contribution in [0.15, 0.2) is 42.4 Å². The van der Waals surface area contributed by atoms with Crippen LogP contribution < -0.4 is 10.6 Å². The van der Waals surface area contributed by atoms with Crippen molar-refractivity contribution in [3.8, 4) is 0 Å². The number of dihydropyridines is 1. The minimum atomic E-state index is -0.409. The quantitative estimate of drug-likeness (QED) is 0.798. The summed E-state index contributed by atoms with van der Waals surface area (Å²) in [6, 6.07) is 3.70. The number of nitrogens with one attached hydrogen (secondary N) is 2. The van der Waals surface area contributed by atoms with E-state index in [9.17, 15) is 9.90 Å². The SMILES string of the molecule is CCC(O)C1C=C(C)C(c2cc3cnc(NC(C)=O)cc3cn2)=CN1. The van der Waals surface area contributed by atoms with Crippen molar-refractivity contribution in [3.63, 3.8) is 0 Å². The molecule has 0 aromatic carbocycles. The van der Waals surface area contributed by atoms with Gasteiger partial charge in [0.2, 0.25) is 5.91 Å². The first-order valence-corrected chi connectivity index (χ1v) is 8.34. The maximum atomic E-state index is 11.1. The number of aromatic nitrogens is 2. The van der Waals surface area contributed by atoms with Crippen LogP contribution in [0, 0.1) is 0 Å². The number of carbonyl (C=O) groups excluding carboxylic acids is 1. The van der Waals surface area contributed by atoms with Crippen LogP contribution in [0.5, 0.6) is 0 Å². The highest BCUT2D eigenvalue weighted by molar-refractivity contribution is 5.92. The van der Waals surface area contributed by atoms with Gasteiger partial charge >= 0.3 is 0 Å². The molecule has 130 valence electrons. The van der Waals surface area contributed by atoms with E-state index in [1.165, 1.54) is 6.92 Å². The fourth-order valence-corrected chi connectivity index (χ4v) is 2.89. The standard InChI is InChI=1S/C19H22N4O2/c1-4-18(25)17-5-11(2)15(10-21-17)16-6-13-9-22-19(23-12(3)24)7-14(13)8-20-16/h5-10,17-18,21,25H,4H2,1-3H3,(H,22,23,24). The van der Waals surface area contributed by atoms with Crippen LogP contribution in [0.25, 0.3) is 16.3 Å². The minimum Gasteiger partial charge on any atom is -0.391 e. The molecule has 0 saturated carbocycles. The molecule has 2 unspecified atom stereocenters. The Morgan fingerprint density at radius 2 is 2.04 bits per heavy atom. The smallest absolute Gasteiger partial charge is 0.222 e. The van der Waals surface area contributed by atoms with E-state index in [1.54, 1.807) is 18.5 Å². The summed E-state index contributed by atoms with van der Waals surface area (Å²) < 4.78 is 0. The average Bonchev–Trinajstić information content (AvgIpc) is 2.60. The van der Waals surface area contributed by atoms with Crippen molar-refractivity contribution in [1.82, 2.24) is 15.3 Å². The number of nitrogens with zero attached hydrogens (tertiary/aromatic N) is 2. The molecule has 25 heavy (non-hydrogen) atoms. The van der Waals surface area contributed by atoms with Crippen LogP contribution in [-0.4, -0.2) is 33.1 Å². The zero-order valence-electron chi connectivity index (χ0n) is 14.6. The Labute approximate surface area is 146 Å². The highest BCUT2D eigenvalue weighted by atomic mass is 16.3. The monoisotopic (exact) mass is 338 g/mol. The number of anilines is 1. The number of allylic oxidation sites excluding steroid dienone is 2. The molecule has 6 nitrogen and oxygen atoms in total. The van der Waals surface area contributed by atoms with Gasteiger partial charge in [-0.25, -0.2) is 4.98 Å². The second-order valence-corrected chi connectivity index (χ2v) is 6.24. The highest BCUT2D eigenvalue weighted by Gasteiger charge is 2.20. The van der Waals surface area contributed by atoms with Gasteiger partial charge in [0.15, 0.2) is 0 Å². The van der Waals surface area contributed by atoms with E-state index < -0.39 is 6.10 Å². The lowest BCUT2D eigenvalue weighted by Gasteiger charge is -2.25. The molecule has 0 spiro atoms. The normalized spacial score (nSPS) is 18.2. The first-order chi connectivity index (χ1) is 12.0. The van der Waals surface area contributed by atoms with Crippen LogP contribution >= 0.6 is 0 Å². The third-order valence-electron chi connectivity index (χ3n) is 4.29. The fourth-order valence-electron chi connectivity index (χ4n) is 2.89. The number of rotatable bonds is 4. The Morgan fingerprint density at radius 1 is 1.32 bits per heavy atom. The summed E-state index contributed by atoms with van der Waals surface area (Å²) in [5.41, 5.74) is 2.91. The van der Waals surface area contributed by atoms with Gasteiger partial charge in [-0.2, -0.15) is 0 Å². The average molecular weight is 338 g/mol. The van der Waals surface area contributed by atoms with E-state index in [-0.39, 0.29) is 11.9 Å². The number of carbonyl (C=O) groups is 1. The molecule has 1 aliphatic rings. The van der Waals surface area contributed by atoms with E-state index in [1.807, 2.05) is 32.2 Å². The molecule has 0 saturated heterocycles. The molecule has 3 N–H and O–H groups in total. The number of aliphatic hydroxyl groups is 1. The molecule has 3 rings (SSSR count). The molecule has 2 atom stereocenters.